The summed E-state index contributed by atoms with van der Waals surface area (Å²) in [5.74, 6) is 1.81. The zero-order chi connectivity index (χ0) is 9.14. The van der Waals surface area contributed by atoms with Crippen molar-refractivity contribution in [1.82, 2.24) is 0 Å². The van der Waals surface area contributed by atoms with Crippen LogP contribution < -0.4 is 10.6 Å². The van der Waals surface area contributed by atoms with E-state index in [4.69, 9.17) is 10.2 Å². The topological polar surface area (TPSA) is 42.4 Å². The number of rotatable bonds is 3. The minimum atomic E-state index is 0.315. The first-order chi connectivity index (χ1) is 5.65. The van der Waals surface area contributed by atoms with Gasteiger partial charge in [-0.15, -0.1) is 0 Å². The molecule has 2 N–H and O–H groups in total. The Labute approximate surface area is 73.2 Å². The van der Waals surface area contributed by atoms with Crippen LogP contribution >= 0.6 is 0 Å². The molecule has 68 valence electrons. The Kier molecular flexibility index (Phi) is 2.76. The van der Waals surface area contributed by atoms with Crippen LogP contribution in [-0.4, -0.2) is 19.6 Å². The molecule has 1 rings (SSSR count). The fraction of sp³-hybridized carbons (Fsp3) is 0.556. The molecule has 0 aliphatic heterocycles. The molecule has 1 aromatic heterocycles. The van der Waals surface area contributed by atoms with Crippen molar-refractivity contribution < 1.29 is 4.42 Å². The van der Waals surface area contributed by atoms with Gasteiger partial charge in [0.1, 0.15) is 5.76 Å². The summed E-state index contributed by atoms with van der Waals surface area (Å²) >= 11 is 0. The molecular weight excluding hydrogens is 152 g/mol. The Morgan fingerprint density at radius 1 is 1.58 bits per heavy atom. The van der Waals surface area contributed by atoms with Gasteiger partial charge in [0.25, 0.3) is 0 Å². The van der Waals surface area contributed by atoms with Crippen molar-refractivity contribution in [3.63, 3.8) is 0 Å². The molecule has 0 amide bonds. The Hall–Kier alpha value is -0.960. The van der Waals surface area contributed by atoms with Crippen molar-refractivity contribution >= 4 is 5.88 Å². The van der Waals surface area contributed by atoms with Crippen molar-refractivity contribution in [2.24, 2.45) is 5.73 Å². The van der Waals surface area contributed by atoms with Gasteiger partial charge >= 0.3 is 0 Å². The van der Waals surface area contributed by atoms with E-state index >= 15 is 0 Å². The number of anilines is 1. The van der Waals surface area contributed by atoms with Crippen molar-refractivity contribution in [3.05, 3.63) is 17.9 Å². The smallest absolute Gasteiger partial charge is 0.195 e. The van der Waals surface area contributed by atoms with Crippen LogP contribution in [0, 0.1) is 6.92 Å². The van der Waals surface area contributed by atoms with Gasteiger partial charge in [-0.05, 0) is 19.9 Å². The Morgan fingerprint density at radius 3 is 2.67 bits per heavy atom. The number of nitrogens with zero attached hydrogens (tertiary/aromatic N) is 1. The second-order valence-electron chi connectivity index (χ2n) is 3.08. The van der Waals surface area contributed by atoms with Gasteiger partial charge in [0.05, 0.1) is 0 Å². The summed E-state index contributed by atoms with van der Waals surface area (Å²) in [5.41, 5.74) is 5.53. The van der Waals surface area contributed by atoms with Gasteiger partial charge in [0.15, 0.2) is 5.88 Å². The van der Waals surface area contributed by atoms with E-state index in [-0.39, 0.29) is 0 Å². The highest BCUT2D eigenvalue weighted by Gasteiger charge is 2.10. The highest BCUT2D eigenvalue weighted by Crippen LogP contribution is 2.17. The van der Waals surface area contributed by atoms with Crippen LogP contribution in [0.1, 0.15) is 12.7 Å². The van der Waals surface area contributed by atoms with Gasteiger partial charge in [-0.1, -0.05) is 0 Å². The molecule has 0 bridgehead atoms. The quantitative estimate of drug-likeness (QED) is 0.741. The molecule has 0 aromatic carbocycles. The van der Waals surface area contributed by atoms with Crippen molar-refractivity contribution in [2.75, 3.05) is 18.5 Å². The number of aryl methyl sites for hydroxylation is 1. The molecule has 3 nitrogen and oxygen atoms in total. The molecule has 1 unspecified atom stereocenters. The first kappa shape index (κ1) is 9.13. The summed E-state index contributed by atoms with van der Waals surface area (Å²) in [4.78, 5) is 2.03. The SMILES string of the molecule is Cc1ccc(N(C)C(C)CN)o1. The van der Waals surface area contributed by atoms with E-state index in [2.05, 4.69) is 6.92 Å². The standard InChI is InChI=1S/C9H16N2O/c1-7(6-10)11(3)9-5-4-8(2)12-9/h4-5,7H,6,10H2,1-3H3. The summed E-state index contributed by atoms with van der Waals surface area (Å²) in [5, 5.41) is 0. The fourth-order valence-electron chi connectivity index (χ4n) is 0.987. The average Bonchev–Trinajstić information content (AvgIpc) is 2.49. The van der Waals surface area contributed by atoms with Crippen LogP contribution in [0.5, 0.6) is 0 Å². The summed E-state index contributed by atoms with van der Waals surface area (Å²) in [6.07, 6.45) is 0. The van der Waals surface area contributed by atoms with Gasteiger partial charge in [0, 0.05) is 25.7 Å². The molecule has 0 fully saturated rings. The monoisotopic (exact) mass is 168 g/mol. The minimum Gasteiger partial charge on any atom is -0.446 e. The highest BCUT2D eigenvalue weighted by atomic mass is 16.4. The van der Waals surface area contributed by atoms with E-state index in [1.54, 1.807) is 0 Å². The lowest BCUT2D eigenvalue weighted by Crippen LogP contribution is -2.34. The van der Waals surface area contributed by atoms with E-state index in [1.165, 1.54) is 0 Å². The van der Waals surface area contributed by atoms with Crippen LogP contribution in [0.2, 0.25) is 0 Å². The van der Waals surface area contributed by atoms with Crippen molar-refractivity contribution in [2.45, 2.75) is 19.9 Å². The number of furan rings is 1. The normalized spacial score (nSPS) is 13.0. The molecule has 3 heteroatoms. The van der Waals surface area contributed by atoms with Gasteiger partial charge in [-0.2, -0.15) is 0 Å². The maximum absolute atomic E-state index is 5.53. The summed E-state index contributed by atoms with van der Waals surface area (Å²) < 4.78 is 5.44. The van der Waals surface area contributed by atoms with Crippen molar-refractivity contribution in [3.8, 4) is 0 Å². The molecule has 0 saturated carbocycles. The van der Waals surface area contributed by atoms with E-state index in [0.29, 0.717) is 12.6 Å². The molecule has 1 heterocycles. The predicted octanol–water partition coefficient (Wildman–Crippen LogP) is 1.37. The predicted molar refractivity (Wildman–Crippen MR) is 50.4 cm³/mol. The largest absolute Gasteiger partial charge is 0.446 e. The third-order valence-corrected chi connectivity index (χ3v) is 2.08. The third-order valence-electron chi connectivity index (χ3n) is 2.08. The Balaban J connectivity index is 2.70. The van der Waals surface area contributed by atoms with Crippen LogP contribution in [0.15, 0.2) is 16.5 Å². The summed E-state index contributed by atoms with van der Waals surface area (Å²) in [6, 6.07) is 4.23. The Bertz CT molecular complexity index is 244. The molecule has 0 aliphatic carbocycles. The maximum atomic E-state index is 5.53. The van der Waals surface area contributed by atoms with Gasteiger partial charge in [-0.25, -0.2) is 0 Å². The van der Waals surface area contributed by atoms with Gasteiger partial charge < -0.3 is 15.1 Å². The van der Waals surface area contributed by atoms with E-state index in [0.717, 1.165) is 11.6 Å². The van der Waals surface area contributed by atoms with Gasteiger partial charge in [0.2, 0.25) is 0 Å². The summed E-state index contributed by atoms with van der Waals surface area (Å²) in [7, 11) is 1.98. The van der Waals surface area contributed by atoms with Crippen LogP contribution in [0.3, 0.4) is 0 Å². The van der Waals surface area contributed by atoms with Crippen LogP contribution in [0.4, 0.5) is 5.88 Å². The Morgan fingerprint density at radius 2 is 2.25 bits per heavy atom. The van der Waals surface area contributed by atoms with E-state index in [1.807, 2.05) is 31.0 Å². The number of hydrogen-bond acceptors (Lipinski definition) is 3. The number of nitrogens with two attached hydrogens (primary N) is 1. The first-order valence-electron chi connectivity index (χ1n) is 4.14. The van der Waals surface area contributed by atoms with Crippen LogP contribution in [-0.2, 0) is 0 Å². The third kappa shape index (κ3) is 1.80. The molecule has 0 aliphatic rings. The van der Waals surface area contributed by atoms with E-state index in [9.17, 15) is 0 Å². The molecule has 1 aromatic rings. The maximum Gasteiger partial charge on any atom is 0.195 e. The van der Waals surface area contributed by atoms with E-state index < -0.39 is 0 Å². The number of likely N-dealkylation sites (N-methyl/N-ethyl adjacent to an activating group) is 1. The average molecular weight is 168 g/mol. The second kappa shape index (κ2) is 3.63. The summed E-state index contributed by atoms with van der Waals surface area (Å²) in [6.45, 7) is 4.64. The zero-order valence-electron chi connectivity index (χ0n) is 7.87. The molecule has 0 saturated heterocycles. The fourth-order valence-corrected chi connectivity index (χ4v) is 0.987. The van der Waals surface area contributed by atoms with Gasteiger partial charge in [-0.3, -0.25) is 0 Å². The molecule has 0 spiro atoms. The molecule has 0 radical (unpaired) electrons. The molecular formula is C9H16N2O. The lowest BCUT2D eigenvalue weighted by molar-refractivity contribution is 0.509. The lowest BCUT2D eigenvalue weighted by Gasteiger charge is -2.22. The van der Waals surface area contributed by atoms with Crippen LogP contribution in [0.25, 0.3) is 0 Å². The highest BCUT2D eigenvalue weighted by molar-refractivity contribution is 5.36. The number of hydrogen-bond donors (Lipinski definition) is 1. The molecule has 1 atom stereocenters. The lowest BCUT2D eigenvalue weighted by atomic mass is 10.3. The zero-order valence-corrected chi connectivity index (χ0v) is 7.87. The van der Waals surface area contributed by atoms with Crippen molar-refractivity contribution in [1.29, 1.82) is 0 Å². The minimum absolute atomic E-state index is 0.315. The first-order valence-corrected chi connectivity index (χ1v) is 4.14. The molecule has 12 heavy (non-hydrogen) atoms. The second-order valence-corrected chi connectivity index (χ2v) is 3.08.